The van der Waals surface area contributed by atoms with Crippen LogP contribution >= 0.6 is 11.6 Å². The highest BCUT2D eigenvalue weighted by molar-refractivity contribution is 6.31. The third-order valence-electron chi connectivity index (χ3n) is 3.49. The molecule has 1 aromatic carbocycles. The molecule has 1 saturated heterocycles. The largest absolute Gasteiger partial charge is 0.467 e. The number of hydrogen-bond acceptors (Lipinski definition) is 3. The van der Waals surface area contributed by atoms with Gasteiger partial charge in [0.1, 0.15) is 5.75 Å². The molecule has 2 heterocycles. The quantitative estimate of drug-likeness (QED) is 0.879. The van der Waals surface area contributed by atoms with Gasteiger partial charge in [-0.25, -0.2) is 0 Å². The number of ether oxygens (including phenoxy) is 2. The average Bonchev–Trinajstić information content (AvgIpc) is 2.86. The molecule has 92 valence electrons. The Balaban J connectivity index is 1.90. The molecule has 0 radical (unpaired) electrons. The lowest BCUT2D eigenvalue weighted by atomic mass is 9.98. The third-order valence-corrected chi connectivity index (χ3v) is 3.84. The van der Waals surface area contributed by atoms with Gasteiger partial charge in [0.05, 0.1) is 6.61 Å². The van der Waals surface area contributed by atoms with Crippen LogP contribution in [0.3, 0.4) is 0 Å². The van der Waals surface area contributed by atoms with Crippen molar-refractivity contribution in [3.63, 3.8) is 0 Å². The van der Waals surface area contributed by atoms with Gasteiger partial charge in [-0.3, -0.25) is 0 Å². The monoisotopic (exact) mass is 253 g/mol. The fourth-order valence-corrected chi connectivity index (χ4v) is 2.84. The standard InChI is InChI=1S/C13H16ClNO2/c14-12-3-4-13-11(7-16-8-17-13)10(12)6-9-2-1-5-15-9/h3-4,9,15H,1-2,5-8H2. The smallest absolute Gasteiger partial charge is 0.189 e. The molecule has 3 rings (SSSR count). The lowest BCUT2D eigenvalue weighted by molar-refractivity contribution is -0.0168. The summed E-state index contributed by atoms with van der Waals surface area (Å²) in [6.45, 7) is 2.07. The first-order valence-electron chi connectivity index (χ1n) is 6.09. The highest BCUT2D eigenvalue weighted by Gasteiger charge is 2.22. The Morgan fingerprint density at radius 2 is 2.35 bits per heavy atom. The lowest BCUT2D eigenvalue weighted by Crippen LogP contribution is -2.25. The summed E-state index contributed by atoms with van der Waals surface area (Å²) >= 11 is 6.30. The van der Waals surface area contributed by atoms with Gasteiger partial charge in [-0.2, -0.15) is 0 Å². The van der Waals surface area contributed by atoms with E-state index in [1.54, 1.807) is 0 Å². The van der Waals surface area contributed by atoms with Crippen molar-refractivity contribution >= 4 is 11.6 Å². The van der Waals surface area contributed by atoms with E-state index in [9.17, 15) is 0 Å². The molecule has 1 unspecified atom stereocenters. The number of nitrogens with one attached hydrogen (secondary N) is 1. The summed E-state index contributed by atoms with van der Waals surface area (Å²) in [7, 11) is 0. The topological polar surface area (TPSA) is 30.5 Å². The minimum absolute atomic E-state index is 0.343. The van der Waals surface area contributed by atoms with Crippen molar-refractivity contribution in [3.8, 4) is 5.75 Å². The molecule has 2 aliphatic heterocycles. The molecule has 0 aliphatic carbocycles. The van der Waals surface area contributed by atoms with Gasteiger partial charge in [-0.15, -0.1) is 0 Å². The van der Waals surface area contributed by atoms with E-state index in [2.05, 4.69) is 5.32 Å². The molecule has 1 aromatic rings. The highest BCUT2D eigenvalue weighted by atomic mass is 35.5. The van der Waals surface area contributed by atoms with Crippen LogP contribution in [0, 0.1) is 0 Å². The molecular weight excluding hydrogens is 238 g/mol. The van der Waals surface area contributed by atoms with E-state index in [0.29, 0.717) is 19.4 Å². The van der Waals surface area contributed by atoms with Crippen LogP contribution in [0.1, 0.15) is 24.0 Å². The number of rotatable bonds is 2. The van der Waals surface area contributed by atoms with Crippen molar-refractivity contribution in [2.75, 3.05) is 13.3 Å². The van der Waals surface area contributed by atoms with Crippen LogP contribution in [0.5, 0.6) is 5.75 Å². The number of halogens is 1. The van der Waals surface area contributed by atoms with Crippen LogP contribution in [0.2, 0.25) is 5.02 Å². The average molecular weight is 254 g/mol. The summed E-state index contributed by atoms with van der Waals surface area (Å²) in [5, 5.41) is 4.32. The first-order valence-corrected chi connectivity index (χ1v) is 6.46. The zero-order chi connectivity index (χ0) is 11.7. The predicted octanol–water partition coefficient (Wildman–Crippen LogP) is 2.50. The number of hydrogen-bond donors (Lipinski definition) is 1. The second-order valence-electron chi connectivity index (χ2n) is 4.61. The van der Waals surface area contributed by atoms with E-state index >= 15 is 0 Å². The second-order valence-corrected chi connectivity index (χ2v) is 5.02. The van der Waals surface area contributed by atoms with Crippen LogP contribution in [-0.4, -0.2) is 19.4 Å². The minimum atomic E-state index is 0.343. The van der Waals surface area contributed by atoms with Gasteiger partial charge in [0.15, 0.2) is 6.79 Å². The maximum atomic E-state index is 6.30. The molecule has 0 amide bonds. The maximum Gasteiger partial charge on any atom is 0.189 e. The van der Waals surface area contributed by atoms with Gasteiger partial charge in [0, 0.05) is 16.6 Å². The molecule has 3 nitrogen and oxygen atoms in total. The zero-order valence-electron chi connectivity index (χ0n) is 9.67. The van der Waals surface area contributed by atoms with Crippen molar-refractivity contribution in [1.82, 2.24) is 5.32 Å². The third kappa shape index (κ3) is 2.28. The molecule has 1 fully saturated rings. The van der Waals surface area contributed by atoms with Crippen LogP contribution < -0.4 is 10.1 Å². The summed E-state index contributed by atoms with van der Waals surface area (Å²) in [6, 6.07) is 4.41. The van der Waals surface area contributed by atoms with Crippen molar-refractivity contribution in [2.45, 2.75) is 31.9 Å². The molecule has 4 heteroatoms. The Morgan fingerprint density at radius 3 is 3.18 bits per heavy atom. The van der Waals surface area contributed by atoms with E-state index in [1.165, 1.54) is 18.4 Å². The van der Waals surface area contributed by atoms with Gasteiger partial charge >= 0.3 is 0 Å². The molecule has 0 bridgehead atoms. The predicted molar refractivity (Wildman–Crippen MR) is 66.5 cm³/mol. The Morgan fingerprint density at radius 1 is 1.41 bits per heavy atom. The lowest BCUT2D eigenvalue weighted by Gasteiger charge is -2.22. The first kappa shape index (κ1) is 11.3. The molecule has 0 spiro atoms. The molecule has 2 aliphatic rings. The SMILES string of the molecule is Clc1ccc2c(c1CC1CCCN1)COCO2. The van der Waals surface area contributed by atoms with Crippen molar-refractivity contribution < 1.29 is 9.47 Å². The molecule has 1 N–H and O–H groups in total. The van der Waals surface area contributed by atoms with Crippen LogP contribution in [0.25, 0.3) is 0 Å². The molecule has 1 atom stereocenters. The summed E-state index contributed by atoms with van der Waals surface area (Å²) < 4.78 is 10.8. The van der Waals surface area contributed by atoms with E-state index in [-0.39, 0.29) is 0 Å². The fourth-order valence-electron chi connectivity index (χ4n) is 2.58. The van der Waals surface area contributed by atoms with Gasteiger partial charge in [-0.05, 0) is 43.5 Å². The van der Waals surface area contributed by atoms with Crippen LogP contribution in [-0.2, 0) is 17.8 Å². The number of benzene rings is 1. The normalized spacial score (nSPS) is 23.2. The van der Waals surface area contributed by atoms with E-state index in [1.807, 2.05) is 12.1 Å². The highest BCUT2D eigenvalue weighted by Crippen LogP contribution is 2.33. The van der Waals surface area contributed by atoms with Gasteiger partial charge in [0.2, 0.25) is 0 Å². The fraction of sp³-hybridized carbons (Fsp3) is 0.538. The Bertz CT molecular complexity index is 416. The van der Waals surface area contributed by atoms with Crippen LogP contribution in [0.4, 0.5) is 0 Å². The van der Waals surface area contributed by atoms with E-state index in [4.69, 9.17) is 21.1 Å². The van der Waals surface area contributed by atoms with E-state index in [0.717, 1.165) is 29.3 Å². The van der Waals surface area contributed by atoms with Gasteiger partial charge < -0.3 is 14.8 Å². The maximum absolute atomic E-state index is 6.30. The molecule has 0 aromatic heterocycles. The van der Waals surface area contributed by atoms with Crippen LogP contribution in [0.15, 0.2) is 12.1 Å². The first-order chi connectivity index (χ1) is 8.34. The molecule has 17 heavy (non-hydrogen) atoms. The summed E-state index contributed by atoms with van der Waals surface area (Å²) in [5.41, 5.74) is 2.31. The van der Waals surface area contributed by atoms with Gasteiger partial charge in [-0.1, -0.05) is 11.6 Å². The van der Waals surface area contributed by atoms with Crippen molar-refractivity contribution in [3.05, 3.63) is 28.3 Å². The van der Waals surface area contributed by atoms with Crippen molar-refractivity contribution in [2.24, 2.45) is 0 Å². The summed E-state index contributed by atoms with van der Waals surface area (Å²) in [5.74, 6) is 0.925. The number of fused-ring (bicyclic) bond motifs is 1. The molecular formula is C13H16ClNO2. The van der Waals surface area contributed by atoms with Crippen molar-refractivity contribution in [1.29, 1.82) is 0 Å². The molecule has 0 saturated carbocycles. The van der Waals surface area contributed by atoms with E-state index < -0.39 is 0 Å². The minimum Gasteiger partial charge on any atom is -0.467 e. The summed E-state index contributed by atoms with van der Waals surface area (Å²) in [4.78, 5) is 0. The zero-order valence-corrected chi connectivity index (χ0v) is 10.4. The second kappa shape index (κ2) is 4.84. The summed E-state index contributed by atoms with van der Waals surface area (Å²) in [6.07, 6.45) is 3.45. The van der Waals surface area contributed by atoms with Gasteiger partial charge in [0.25, 0.3) is 0 Å². The Hall–Kier alpha value is -0.770. The Labute approximate surface area is 106 Å². The Kier molecular flexibility index (Phi) is 3.23.